The van der Waals surface area contributed by atoms with E-state index in [1.54, 1.807) is 0 Å². The summed E-state index contributed by atoms with van der Waals surface area (Å²) in [5.74, 6) is -1.66. The maximum Gasteiger partial charge on any atom is 0.335 e. The fourth-order valence-corrected chi connectivity index (χ4v) is 1.36. The van der Waals surface area contributed by atoms with Crippen molar-refractivity contribution in [2.75, 3.05) is 0 Å². The molecule has 0 fully saturated rings. The lowest BCUT2D eigenvalue weighted by Gasteiger charge is -2.03. The average Bonchev–Trinajstić information content (AvgIpc) is 2.08. The third kappa shape index (κ3) is 1.95. The minimum Gasteiger partial charge on any atom is -0.478 e. The highest BCUT2D eigenvalue weighted by molar-refractivity contribution is 9.10. The summed E-state index contributed by atoms with van der Waals surface area (Å²) in [7, 11) is 0. The number of carboxylic acid groups (broad SMARTS) is 1. The van der Waals surface area contributed by atoms with Crippen LogP contribution in [-0.4, -0.2) is 11.1 Å². The van der Waals surface area contributed by atoms with Crippen LogP contribution in [0.5, 0.6) is 0 Å². The third-order valence-corrected chi connectivity index (χ3v) is 2.34. The standard InChI is InChI=1S/C9H6BrFO2/c1-5(9(12)13)6-3-2-4-7(11)8(6)10/h2-4H,1H2,(H,12,13). The van der Waals surface area contributed by atoms with Gasteiger partial charge in [-0.15, -0.1) is 0 Å². The van der Waals surface area contributed by atoms with Gasteiger partial charge in [-0.05, 0) is 22.0 Å². The average molecular weight is 245 g/mol. The van der Waals surface area contributed by atoms with Crippen LogP contribution in [0.25, 0.3) is 5.57 Å². The van der Waals surface area contributed by atoms with E-state index in [2.05, 4.69) is 22.5 Å². The fraction of sp³-hybridized carbons (Fsp3) is 0. The molecule has 0 saturated heterocycles. The van der Waals surface area contributed by atoms with E-state index in [1.165, 1.54) is 18.2 Å². The zero-order chi connectivity index (χ0) is 10.0. The quantitative estimate of drug-likeness (QED) is 0.813. The summed E-state index contributed by atoms with van der Waals surface area (Å²) in [5, 5.41) is 8.61. The summed E-state index contributed by atoms with van der Waals surface area (Å²) in [6.07, 6.45) is 0. The minimum atomic E-state index is -1.16. The second kappa shape index (κ2) is 3.70. The highest BCUT2D eigenvalue weighted by Crippen LogP contribution is 2.25. The first-order chi connectivity index (χ1) is 6.04. The molecule has 1 aromatic rings. The Balaban J connectivity index is 3.23. The van der Waals surface area contributed by atoms with Crippen LogP contribution in [-0.2, 0) is 4.79 Å². The lowest BCUT2D eigenvalue weighted by molar-refractivity contribution is -0.130. The Labute approximate surface area is 82.8 Å². The first kappa shape index (κ1) is 9.92. The van der Waals surface area contributed by atoms with Crippen molar-refractivity contribution in [3.05, 3.63) is 40.6 Å². The number of carboxylic acids is 1. The van der Waals surface area contributed by atoms with Crippen molar-refractivity contribution in [1.29, 1.82) is 0 Å². The third-order valence-electron chi connectivity index (χ3n) is 1.53. The molecular formula is C9H6BrFO2. The second-order valence-electron chi connectivity index (χ2n) is 2.39. The normalized spacial score (nSPS) is 9.69. The molecule has 0 saturated carbocycles. The second-order valence-corrected chi connectivity index (χ2v) is 3.18. The summed E-state index contributed by atoms with van der Waals surface area (Å²) < 4.78 is 13.0. The Bertz CT molecular complexity index is 374. The summed E-state index contributed by atoms with van der Waals surface area (Å²) in [6, 6.07) is 4.16. The number of aliphatic carboxylic acids is 1. The van der Waals surface area contributed by atoms with E-state index in [9.17, 15) is 9.18 Å². The van der Waals surface area contributed by atoms with Gasteiger partial charge in [-0.3, -0.25) is 0 Å². The summed E-state index contributed by atoms with van der Waals surface area (Å²) >= 11 is 2.95. The van der Waals surface area contributed by atoms with Crippen LogP contribution in [0.3, 0.4) is 0 Å². The molecule has 1 N–H and O–H groups in total. The smallest absolute Gasteiger partial charge is 0.335 e. The Morgan fingerprint density at radius 1 is 1.54 bits per heavy atom. The fourth-order valence-electron chi connectivity index (χ4n) is 0.852. The highest BCUT2D eigenvalue weighted by Gasteiger charge is 2.12. The van der Waals surface area contributed by atoms with Gasteiger partial charge in [-0.1, -0.05) is 18.7 Å². The molecule has 13 heavy (non-hydrogen) atoms. The molecule has 2 nitrogen and oxygen atoms in total. The highest BCUT2D eigenvalue weighted by atomic mass is 79.9. The van der Waals surface area contributed by atoms with Crippen LogP contribution in [0.4, 0.5) is 4.39 Å². The SMILES string of the molecule is C=C(C(=O)O)c1cccc(F)c1Br. The van der Waals surface area contributed by atoms with Crippen molar-refractivity contribution in [2.45, 2.75) is 0 Å². The van der Waals surface area contributed by atoms with E-state index < -0.39 is 11.8 Å². The number of halogens is 2. The molecule has 0 bridgehead atoms. The topological polar surface area (TPSA) is 37.3 Å². The van der Waals surface area contributed by atoms with E-state index in [0.29, 0.717) is 0 Å². The lowest BCUT2D eigenvalue weighted by Crippen LogP contribution is -1.99. The van der Waals surface area contributed by atoms with Crippen molar-refractivity contribution in [3.63, 3.8) is 0 Å². The van der Waals surface area contributed by atoms with Crippen LogP contribution in [0, 0.1) is 5.82 Å². The van der Waals surface area contributed by atoms with E-state index in [4.69, 9.17) is 5.11 Å². The molecule has 0 aliphatic carbocycles. The first-order valence-corrected chi connectivity index (χ1v) is 4.20. The summed E-state index contributed by atoms with van der Waals surface area (Å²) in [6.45, 7) is 3.33. The zero-order valence-corrected chi connectivity index (χ0v) is 8.14. The van der Waals surface area contributed by atoms with E-state index >= 15 is 0 Å². The molecule has 68 valence electrons. The number of hydrogen-bond acceptors (Lipinski definition) is 1. The molecule has 0 spiro atoms. The van der Waals surface area contributed by atoms with Gasteiger partial charge in [0.1, 0.15) is 5.82 Å². The monoisotopic (exact) mass is 244 g/mol. The Morgan fingerprint density at radius 2 is 2.15 bits per heavy atom. The maximum absolute atomic E-state index is 12.9. The predicted octanol–water partition coefficient (Wildman–Crippen LogP) is 2.69. The van der Waals surface area contributed by atoms with E-state index in [-0.39, 0.29) is 15.6 Å². The van der Waals surface area contributed by atoms with Crippen LogP contribution in [0.15, 0.2) is 29.3 Å². The van der Waals surface area contributed by atoms with E-state index in [1.807, 2.05) is 0 Å². The predicted molar refractivity (Wildman–Crippen MR) is 50.8 cm³/mol. The number of carbonyl (C=O) groups is 1. The molecule has 0 radical (unpaired) electrons. The first-order valence-electron chi connectivity index (χ1n) is 3.40. The zero-order valence-electron chi connectivity index (χ0n) is 6.55. The van der Waals surface area contributed by atoms with Crippen molar-refractivity contribution in [3.8, 4) is 0 Å². The molecule has 0 aliphatic rings. The number of rotatable bonds is 2. The van der Waals surface area contributed by atoms with Crippen LogP contribution >= 0.6 is 15.9 Å². The molecule has 0 aliphatic heterocycles. The van der Waals surface area contributed by atoms with Gasteiger partial charge in [0.05, 0.1) is 10.0 Å². The summed E-state index contributed by atoms with van der Waals surface area (Å²) in [4.78, 5) is 10.5. The van der Waals surface area contributed by atoms with Gasteiger partial charge in [-0.25, -0.2) is 9.18 Å². The van der Waals surface area contributed by atoms with Gasteiger partial charge in [-0.2, -0.15) is 0 Å². The Morgan fingerprint density at radius 3 is 2.69 bits per heavy atom. The lowest BCUT2D eigenvalue weighted by atomic mass is 10.1. The maximum atomic E-state index is 12.9. The van der Waals surface area contributed by atoms with Crippen LogP contribution < -0.4 is 0 Å². The van der Waals surface area contributed by atoms with Crippen molar-refractivity contribution < 1.29 is 14.3 Å². The Kier molecular flexibility index (Phi) is 2.83. The van der Waals surface area contributed by atoms with Gasteiger partial charge in [0.2, 0.25) is 0 Å². The minimum absolute atomic E-state index is 0.127. The molecule has 1 rings (SSSR count). The molecule has 0 atom stereocenters. The van der Waals surface area contributed by atoms with Crippen molar-refractivity contribution >= 4 is 27.5 Å². The largest absolute Gasteiger partial charge is 0.478 e. The molecule has 4 heteroatoms. The summed E-state index contributed by atoms with van der Waals surface area (Å²) in [5.41, 5.74) is 0.124. The van der Waals surface area contributed by atoms with Gasteiger partial charge in [0.25, 0.3) is 0 Å². The molecule has 0 unspecified atom stereocenters. The van der Waals surface area contributed by atoms with Gasteiger partial charge in [0.15, 0.2) is 0 Å². The number of benzene rings is 1. The van der Waals surface area contributed by atoms with Crippen LogP contribution in [0.1, 0.15) is 5.56 Å². The van der Waals surface area contributed by atoms with Gasteiger partial charge < -0.3 is 5.11 Å². The van der Waals surface area contributed by atoms with Crippen molar-refractivity contribution in [2.24, 2.45) is 0 Å². The molecule has 1 aromatic carbocycles. The molecular weight excluding hydrogens is 239 g/mol. The Hall–Kier alpha value is -1.16. The van der Waals surface area contributed by atoms with E-state index in [0.717, 1.165) is 0 Å². The van der Waals surface area contributed by atoms with Gasteiger partial charge >= 0.3 is 5.97 Å². The molecule has 0 aromatic heterocycles. The van der Waals surface area contributed by atoms with Gasteiger partial charge in [0, 0.05) is 5.56 Å². The van der Waals surface area contributed by atoms with Crippen molar-refractivity contribution in [1.82, 2.24) is 0 Å². The number of hydrogen-bond donors (Lipinski definition) is 1. The van der Waals surface area contributed by atoms with Crippen LogP contribution in [0.2, 0.25) is 0 Å². The molecule has 0 heterocycles. The molecule has 0 amide bonds.